The molecular weight excluding hydrogens is 305 g/mol. The monoisotopic (exact) mass is 316 g/mol. The molecule has 0 fully saturated rings. The van der Waals surface area contributed by atoms with Crippen LogP contribution < -0.4 is 0 Å². The number of hydrogen-bond acceptors (Lipinski definition) is 2. The van der Waals surface area contributed by atoms with Crippen LogP contribution in [0.1, 0.15) is 11.4 Å². The summed E-state index contributed by atoms with van der Waals surface area (Å²) in [5, 5.41) is 5.21. The fourth-order valence-electron chi connectivity index (χ4n) is 2.77. The Kier molecular flexibility index (Phi) is 2.75. The highest BCUT2D eigenvalue weighted by atomic mass is 19.4. The van der Waals surface area contributed by atoms with Gasteiger partial charge in [0.25, 0.3) is 0 Å². The summed E-state index contributed by atoms with van der Waals surface area (Å²) in [6.07, 6.45) is -1.24. The van der Waals surface area contributed by atoms with Crippen LogP contribution in [0.3, 0.4) is 0 Å². The molecule has 4 nitrogen and oxygen atoms in total. The fraction of sp³-hybridized carbons (Fsp3) is 0.125. The highest BCUT2D eigenvalue weighted by Gasteiger charge is 2.36. The Balaban J connectivity index is 2.05. The smallest absolute Gasteiger partial charge is 0.302 e. The van der Waals surface area contributed by atoms with E-state index in [1.165, 1.54) is 11.3 Å². The molecule has 4 rings (SSSR count). The van der Waals surface area contributed by atoms with E-state index >= 15 is 0 Å². The van der Waals surface area contributed by atoms with Crippen molar-refractivity contribution < 1.29 is 13.2 Å². The van der Waals surface area contributed by atoms with Crippen molar-refractivity contribution >= 4 is 16.6 Å². The van der Waals surface area contributed by atoms with Gasteiger partial charge in [-0.1, -0.05) is 18.2 Å². The lowest BCUT2D eigenvalue weighted by Crippen LogP contribution is -2.07. The van der Waals surface area contributed by atoms with Gasteiger partial charge in [0.15, 0.2) is 11.3 Å². The number of hydrogen-bond donors (Lipinski definition) is 0. The Morgan fingerprint density at radius 2 is 1.83 bits per heavy atom. The number of nitrogens with zero attached hydrogens (tertiary/aromatic N) is 4. The third-order valence-electron chi connectivity index (χ3n) is 3.84. The minimum absolute atomic E-state index is 0.0609. The van der Waals surface area contributed by atoms with Gasteiger partial charge in [0, 0.05) is 11.6 Å². The Bertz CT molecular complexity index is 1030. The summed E-state index contributed by atoms with van der Waals surface area (Å²) in [4.78, 5) is 3.82. The van der Waals surface area contributed by atoms with Crippen molar-refractivity contribution in [2.75, 3.05) is 0 Å². The normalized spacial score (nSPS) is 12.3. The van der Waals surface area contributed by atoms with Crippen molar-refractivity contribution in [3.63, 3.8) is 0 Å². The maximum Gasteiger partial charge on any atom is 0.435 e. The molecule has 23 heavy (non-hydrogen) atoms. The number of pyridine rings is 1. The van der Waals surface area contributed by atoms with E-state index in [1.807, 2.05) is 24.3 Å². The van der Waals surface area contributed by atoms with Gasteiger partial charge in [0.05, 0.1) is 17.4 Å². The van der Waals surface area contributed by atoms with E-state index in [4.69, 9.17) is 0 Å². The van der Waals surface area contributed by atoms with Crippen molar-refractivity contribution in [1.82, 2.24) is 19.2 Å². The van der Waals surface area contributed by atoms with E-state index < -0.39 is 11.9 Å². The number of para-hydroxylation sites is 1. The number of benzene rings is 1. The van der Waals surface area contributed by atoms with E-state index in [0.717, 1.165) is 10.9 Å². The van der Waals surface area contributed by atoms with E-state index in [1.54, 1.807) is 29.2 Å². The maximum absolute atomic E-state index is 13.1. The van der Waals surface area contributed by atoms with Crippen LogP contribution in [0.15, 0.2) is 48.8 Å². The summed E-state index contributed by atoms with van der Waals surface area (Å²) in [7, 11) is 0. The summed E-state index contributed by atoms with van der Waals surface area (Å²) < 4.78 is 42.4. The topological polar surface area (TPSA) is 35.1 Å². The van der Waals surface area contributed by atoms with E-state index in [0.29, 0.717) is 5.69 Å². The first-order valence-corrected chi connectivity index (χ1v) is 6.95. The summed E-state index contributed by atoms with van der Waals surface area (Å²) in [6, 6.07) is 10.9. The summed E-state index contributed by atoms with van der Waals surface area (Å²) >= 11 is 0. The quantitative estimate of drug-likeness (QED) is 0.532. The molecule has 1 aromatic carbocycles. The van der Waals surface area contributed by atoms with Crippen LogP contribution in [0.4, 0.5) is 13.2 Å². The highest BCUT2D eigenvalue weighted by Crippen LogP contribution is 2.33. The fourth-order valence-corrected chi connectivity index (χ4v) is 2.77. The summed E-state index contributed by atoms with van der Waals surface area (Å²) in [5.74, 6) is 0. The lowest BCUT2D eigenvalue weighted by atomic mass is 10.2. The molecule has 0 saturated heterocycles. The van der Waals surface area contributed by atoms with Gasteiger partial charge in [-0.25, -0.2) is 9.67 Å². The van der Waals surface area contributed by atoms with Gasteiger partial charge in [-0.3, -0.25) is 0 Å². The molecule has 7 heteroatoms. The maximum atomic E-state index is 13.1. The first-order valence-electron chi connectivity index (χ1n) is 6.95. The van der Waals surface area contributed by atoms with Crippen molar-refractivity contribution in [2.24, 2.45) is 0 Å². The zero-order valence-electron chi connectivity index (χ0n) is 12.0. The van der Waals surface area contributed by atoms with Crippen molar-refractivity contribution in [3.05, 3.63) is 60.2 Å². The molecule has 0 aliphatic rings. The van der Waals surface area contributed by atoms with Gasteiger partial charge >= 0.3 is 6.18 Å². The summed E-state index contributed by atoms with van der Waals surface area (Å²) in [6.45, 7) is 1.41. The lowest BCUT2D eigenvalue weighted by molar-refractivity contribution is -0.141. The highest BCUT2D eigenvalue weighted by molar-refractivity contribution is 5.81. The molecule has 0 spiro atoms. The third-order valence-corrected chi connectivity index (χ3v) is 3.84. The van der Waals surface area contributed by atoms with Crippen LogP contribution >= 0.6 is 0 Å². The number of alkyl halides is 3. The molecule has 0 radical (unpaired) electrons. The van der Waals surface area contributed by atoms with Crippen molar-refractivity contribution in [3.8, 4) is 5.69 Å². The second-order valence-corrected chi connectivity index (χ2v) is 5.25. The molecule has 0 saturated carbocycles. The SMILES string of the molecule is Cc1c(C(F)(F)F)nc2c(-n3ncc4ccccc43)cccn12. The minimum atomic E-state index is -4.49. The molecule has 116 valence electrons. The Labute approximate surface area is 128 Å². The van der Waals surface area contributed by atoms with Crippen molar-refractivity contribution in [1.29, 1.82) is 0 Å². The molecule has 3 heterocycles. The lowest BCUT2D eigenvalue weighted by Gasteiger charge is -2.05. The number of halogens is 3. The largest absolute Gasteiger partial charge is 0.435 e. The van der Waals surface area contributed by atoms with Gasteiger partial charge < -0.3 is 4.40 Å². The Morgan fingerprint density at radius 1 is 1.04 bits per heavy atom. The average Bonchev–Trinajstić information content (AvgIpc) is 3.08. The zero-order chi connectivity index (χ0) is 16.2. The van der Waals surface area contributed by atoms with Gasteiger partial charge in [-0.05, 0) is 25.1 Å². The molecule has 0 unspecified atom stereocenters. The number of aryl methyl sites for hydroxylation is 1. The Hall–Kier alpha value is -2.83. The van der Waals surface area contributed by atoms with Gasteiger partial charge in [-0.15, -0.1) is 0 Å². The third kappa shape index (κ3) is 2.00. The molecule has 0 N–H and O–H groups in total. The second kappa shape index (κ2) is 4.58. The Morgan fingerprint density at radius 3 is 2.61 bits per heavy atom. The zero-order valence-corrected chi connectivity index (χ0v) is 12.0. The predicted octanol–water partition coefficient (Wildman–Crippen LogP) is 4.00. The molecular formula is C16H11F3N4. The first-order chi connectivity index (χ1) is 11.0. The summed E-state index contributed by atoms with van der Waals surface area (Å²) in [5.41, 5.74) is 0.737. The van der Waals surface area contributed by atoms with Crippen LogP contribution in [-0.4, -0.2) is 19.2 Å². The molecule has 0 amide bonds. The molecule has 0 bridgehead atoms. The van der Waals surface area contributed by atoms with E-state index in [9.17, 15) is 13.2 Å². The number of fused-ring (bicyclic) bond motifs is 2. The minimum Gasteiger partial charge on any atom is -0.302 e. The molecule has 0 atom stereocenters. The van der Waals surface area contributed by atoms with Crippen LogP contribution in [0.2, 0.25) is 0 Å². The van der Waals surface area contributed by atoms with E-state index in [2.05, 4.69) is 10.1 Å². The van der Waals surface area contributed by atoms with Gasteiger partial charge in [-0.2, -0.15) is 18.3 Å². The van der Waals surface area contributed by atoms with Crippen LogP contribution in [-0.2, 0) is 6.18 Å². The predicted molar refractivity (Wildman–Crippen MR) is 79.6 cm³/mol. The van der Waals surface area contributed by atoms with E-state index in [-0.39, 0.29) is 11.3 Å². The van der Waals surface area contributed by atoms with Crippen molar-refractivity contribution in [2.45, 2.75) is 13.1 Å². The molecule has 4 aromatic rings. The number of rotatable bonds is 1. The molecule has 3 aromatic heterocycles. The number of aromatic nitrogens is 4. The van der Waals surface area contributed by atoms with Gasteiger partial charge in [0.2, 0.25) is 0 Å². The van der Waals surface area contributed by atoms with Crippen LogP contribution in [0.25, 0.3) is 22.2 Å². The van der Waals surface area contributed by atoms with Gasteiger partial charge in [0.1, 0.15) is 5.69 Å². The standard InChI is InChI=1S/C16H11F3N4/c1-10-14(16(17,18)19)21-15-13(7-4-8-22(10)15)23-12-6-3-2-5-11(12)9-20-23/h2-9H,1H3. The second-order valence-electron chi connectivity index (χ2n) is 5.25. The average molecular weight is 316 g/mol. The van der Waals surface area contributed by atoms with Crippen LogP contribution in [0, 0.1) is 6.92 Å². The molecule has 0 aliphatic carbocycles. The first kappa shape index (κ1) is 13.8. The molecule has 0 aliphatic heterocycles. The number of imidazole rings is 1. The van der Waals surface area contributed by atoms with Crippen LogP contribution in [0.5, 0.6) is 0 Å².